The third-order valence-electron chi connectivity index (χ3n) is 9.97. The van der Waals surface area contributed by atoms with Crippen LogP contribution in [0.15, 0.2) is 126 Å². The molecule has 5 aromatic carbocycles. The fourth-order valence-corrected chi connectivity index (χ4v) is 7.42. The Bertz CT molecular complexity index is 2440. The van der Waals surface area contributed by atoms with Crippen LogP contribution in [0, 0.1) is 18.2 Å². The fraction of sp³-hybridized carbons (Fsp3) is 0.245. The van der Waals surface area contributed by atoms with Crippen LogP contribution in [0.2, 0.25) is 0 Å². The fourth-order valence-electron chi connectivity index (χ4n) is 7.42. The number of aromatic nitrogens is 3. The SMILES string of the molecule is CC(C)c1cc2c(oc3ccccc32)c(C(C)C)c1-n1ccnc1-c1[c-]cccc1.CC(C)c1cccc(C(C)C)c1-n1cc[c-]c1-c1[c-]cccc1.[Ir+3]. The molecular formula is C49H48IrN3O. The van der Waals surface area contributed by atoms with Crippen molar-refractivity contribution in [2.75, 3.05) is 0 Å². The van der Waals surface area contributed by atoms with Crippen molar-refractivity contribution in [3.63, 3.8) is 0 Å². The van der Waals surface area contributed by atoms with Gasteiger partial charge >= 0.3 is 20.1 Å². The van der Waals surface area contributed by atoms with Crippen molar-refractivity contribution >= 4 is 21.9 Å². The predicted octanol–water partition coefficient (Wildman–Crippen LogP) is 13.5. The molecule has 3 aromatic heterocycles. The zero-order chi connectivity index (χ0) is 37.2. The van der Waals surface area contributed by atoms with E-state index < -0.39 is 0 Å². The van der Waals surface area contributed by atoms with Crippen LogP contribution >= 0.6 is 0 Å². The van der Waals surface area contributed by atoms with Crippen molar-refractivity contribution in [1.29, 1.82) is 0 Å². The maximum atomic E-state index is 6.42. The molecule has 0 unspecified atom stereocenters. The van der Waals surface area contributed by atoms with Gasteiger partial charge in [0.2, 0.25) is 0 Å². The number of para-hydroxylation sites is 2. The number of imidazole rings is 1. The van der Waals surface area contributed by atoms with Crippen LogP contribution in [0.3, 0.4) is 0 Å². The number of rotatable bonds is 8. The Balaban J connectivity index is 0.000000187. The molecule has 0 aliphatic heterocycles. The summed E-state index contributed by atoms with van der Waals surface area (Å²) in [7, 11) is 0. The van der Waals surface area contributed by atoms with Crippen LogP contribution in [0.25, 0.3) is 56.0 Å². The third kappa shape index (κ3) is 7.40. The van der Waals surface area contributed by atoms with E-state index in [0.29, 0.717) is 17.8 Å². The van der Waals surface area contributed by atoms with E-state index >= 15 is 0 Å². The van der Waals surface area contributed by atoms with Crippen molar-refractivity contribution in [3.05, 3.63) is 162 Å². The zero-order valence-corrected chi connectivity index (χ0v) is 34.8. The molecule has 0 bridgehead atoms. The van der Waals surface area contributed by atoms with Gasteiger partial charge in [0, 0.05) is 40.1 Å². The molecule has 5 heteroatoms. The summed E-state index contributed by atoms with van der Waals surface area (Å²) in [5, 5.41) is 2.36. The second kappa shape index (κ2) is 16.6. The van der Waals surface area contributed by atoms with E-state index in [-0.39, 0.29) is 26.0 Å². The van der Waals surface area contributed by atoms with Crippen molar-refractivity contribution < 1.29 is 24.5 Å². The molecule has 4 nitrogen and oxygen atoms in total. The Morgan fingerprint density at radius 3 is 1.80 bits per heavy atom. The molecule has 0 aliphatic rings. The second-order valence-electron chi connectivity index (χ2n) is 15.0. The Hall–Kier alpha value is -4.96. The quantitative estimate of drug-likeness (QED) is 0.143. The standard InChI is InChI=1S/C27H25N2O.C22H23N.Ir/c1-17(2)21-16-22-20-12-8-9-13-23(20)30-26(22)24(18(3)4)25(21)29-15-14-28-27(29)19-10-6-5-7-11-19;1-16(2)19-12-8-13-20(17(3)4)22(19)23-15-9-14-21(23)18-10-6-5-7-11-18;/h5-10,12-18H,1-4H3;5-10,12-13,15-17H,1-4H3;/q-1;-2;+3. The van der Waals surface area contributed by atoms with Crippen molar-refractivity contribution in [3.8, 4) is 34.0 Å². The Morgan fingerprint density at radius 1 is 0.556 bits per heavy atom. The molecule has 3 heterocycles. The Morgan fingerprint density at radius 2 is 1.19 bits per heavy atom. The molecule has 0 spiro atoms. The average Bonchev–Trinajstić information content (AvgIpc) is 3.93. The second-order valence-corrected chi connectivity index (χ2v) is 15.0. The van der Waals surface area contributed by atoms with Gasteiger partial charge in [-0.15, -0.1) is 42.0 Å². The average molecular weight is 887 g/mol. The number of benzene rings is 5. The maximum Gasteiger partial charge on any atom is 3.00 e. The first-order valence-corrected chi connectivity index (χ1v) is 18.8. The predicted molar refractivity (Wildman–Crippen MR) is 220 cm³/mol. The number of fused-ring (bicyclic) bond motifs is 3. The molecule has 0 fully saturated rings. The zero-order valence-electron chi connectivity index (χ0n) is 32.4. The van der Waals surface area contributed by atoms with Gasteiger partial charge < -0.3 is 13.6 Å². The van der Waals surface area contributed by atoms with Crippen molar-refractivity contribution in [2.45, 2.75) is 79.1 Å². The summed E-state index contributed by atoms with van der Waals surface area (Å²) in [6.07, 6.45) is 6.04. The monoisotopic (exact) mass is 887 g/mol. The van der Waals surface area contributed by atoms with Crippen LogP contribution in [-0.4, -0.2) is 14.1 Å². The van der Waals surface area contributed by atoms with Gasteiger partial charge in [-0.3, -0.25) is 4.98 Å². The summed E-state index contributed by atoms with van der Waals surface area (Å²) < 4.78 is 10.9. The number of nitrogens with zero attached hydrogens (tertiary/aromatic N) is 3. The van der Waals surface area contributed by atoms with Gasteiger partial charge in [-0.25, -0.2) is 17.7 Å². The van der Waals surface area contributed by atoms with Gasteiger partial charge in [-0.1, -0.05) is 98.0 Å². The molecule has 0 aliphatic carbocycles. The first-order chi connectivity index (χ1) is 25.7. The van der Waals surface area contributed by atoms with E-state index in [0.717, 1.165) is 33.8 Å². The molecular weight excluding hydrogens is 839 g/mol. The molecule has 0 N–H and O–H groups in total. The minimum Gasteiger partial charge on any atom is -0.456 e. The molecule has 0 saturated carbocycles. The summed E-state index contributed by atoms with van der Waals surface area (Å²) in [6.45, 7) is 18.0. The minimum absolute atomic E-state index is 0. The smallest absolute Gasteiger partial charge is 0.456 e. The summed E-state index contributed by atoms with van der Waals surface area (Å²) in [5.74, 6) is 2.48. The van der Waals surface area contributed by atoms with E-state index in [2.05, 4.69) is 161 Å². The van der Waals surface area contributed by atoms with Crippen LogP contribution in [-0.2, 0) is 20.1 Å². The third-order valence-corrected chi connectivity index (χ3v) is 9.97. The van der Waals surface area contributed by atoms with Crippen LogP contribution in [0.5, 0.6) is 0 Å². The van der Waals surface area contributed by atoms with Gasteiger partial charge in [-0.05, 0) is 52.5 Å². The van der Waals surface area contributed by atoms with Crippen LogP contribution in [0.4, 0.5) is 0 Å². The first kappa shape index (κ1) is 38.8. The van der Waals surface area contributed by atoms with Gasteiger partial charge in [0.15, 0.2) is 0 Å². The number of hydrogen-bond donors (Lipinski definition) is 0. The summed E-state index contributed by atoms with van der Waals surface area (Å²) in [4.78, 5) is 4.69. The summed E-state index contributed by atoms with van der Waals surface area (Å²) in [5.41, 5.74) is 12.8. The molecule has 54 heavy (non-hydrogen) atoms. The van der Waals surface area contributed by atoms with Gasteiger partial charge in [0.1, 0.15) is 11.2 Å². The maximum absolute atomic E-state index is 6.42. The van der Waals surface area contributed by atoms with E-state index in [1.807, 2.05) is 48.7 Å². The molecule has 0 saturated heterocycles. The molecule has 0 atom stereocenters. The van der Waals surface area contributed by atoms with E-state index in [1.165, 1.54) is 44.4 Å². The molecule has 8 aromatic rings. The Labute approximate surface area is 334 Å². The summed E-state index contributed by atoms with van der Waals surface area (Å²) in [6, 6.07) is 45.4. The van der Waals surface area contributed by atoms with Gasteiger partial charge in [-0.2, -0.15) is 30.0 Å². The Kier molecular flexibility index (Phi) is 11.9. The van der Waals surface area contributed by atoms with Crippen LogP contribution < -0.4 is 0 Å². The van der Waals surface area contributed by atoms with E-state index in [1.54, 1.807) is 0 Å². The summed E-state index contributed by atoms with van der Waals surface area (Å²) >= 11 is 0. The van der Waals surface area contributed by atoms with Gasteiger partial charge in [0.05, 0.1) is 5.82 Å². The van der Waals surface area contributed by atoms with Crippen LogP contribution in [0.1, 0.15) is 101 Å². The molecule has 274 valence electrons. The van der Waals surface area contributed by atoms with Crippen molar-refractivity contribution in [2.24, 2.45) is 0 Å². The molecule has 8 rings (SSSR count). The normalized spacial score (nSPS) is 11.5. The van der Waals surface area contributed by atoms with E-state index in [4.69, 9.17) is 4.42 Å². The topological polar surface area (TPSA) is 35.9 Å². The molecule has 0 amide bonds. The minimum atomic E-state index is 0. The first-order valence-electron chi connectivity index (χ1n) is 18.8. The largest absolute Gasteiger partial charge is 3.00 e. The molecule has 0 radical (unpaired) electrons. The number of hydrogen-bond acceptors (Lipinski definition) is 2. The number of furan rings is 1. The van der Waals surface area contributed by atoms with Crippen molar-refractivity contribution in [1.82, 2.24) is 14.1 Å². The van der Waals surface area contributed by atoms with Gasteiger partial charge in [0.25, 0.3) is 0 Å². The van der Waals surface area contributed by atoms with E-state index in [9.17, 15) is 0 Å².